The zero-order chi connectivity index (χ0) is 11.6. The van der Waals surface area contributed by atoms with Gasteiger partial charge in [0.05, 0.1) is 11.2 Å². The van der Waals surface area contributed by atoms with Crippen molar-refractivity contribution in [3.63, 3.8) is 0 Å². The van der Waals surface area contributed by atoms with Crippen molar-refractivity contribution >= 4 is 5.91 Å². The number of amides is 1. The molecule has 1 aliphatic carbocycles. The molecule has 1 fully saturated rings. The van der Waals surface area contributed by atoms with E-state index >= 15 is 0 Å². The number of oxazole rings is 1. The van der Waals surface area contributed by atoms with Gasteiger partial charge < -0.3 is 15.5 Å². The van der Waals surface area contributed by atoms with E-state index in [2.05, 4.69) is 10.3 Å². The van der Waals surface area contributed by atoms with Crippen molar-refractivity contribution in [2.75, 3.05) is 6.54 Å². The van der Waals surface area contributed by atoms with Gasteiger partial charge in [0.15, 0.2) is 6.39 Å². The van der Waals surface area contributed by atoms with Crippen molar-refractivity contribution in [3.8, 4) is 0 Å². The molecule has 16 heavy (non-hydrogen) atoms. The van der Waals surface area contributed by atoms with Crippen LogP contribution in [0.2, 0.25) is 0 Å². The predicted octanol–water partition coefficient (Wildman–Crippen LogP) is 0.984. The van der Waals surface area contributed by atoms with Gasteiger partial charge in [-0.2, -0.15) is 0 Å². The van der Waals surface area contributed by atoms with Crippen molar-refractivity contribution in [2.24, 2.45) is 5.73 Å². The van der Waals surface area contributed by atoms with Gasteiger partial charge in [-0.15, -0.1) is 0 Å². The van der Waals surface area contributed by atoms with Crippen LogP contribution < -0.4 is 11.1 Å². The summed E-state index contributed by atoms with van der Waals surface area (Å²) in [5, 5.41) is 2.99. The highest BCUT2D eigenvalue weighted by Gasteiger charge is 2.35. The Balaban J connectivity index is 2.09. The van der Waals surface area contributed by atoms with Crippen LogP contribution in [0.3, 0.4) is 0 Å². The molecule has 1 aromatic heterocycles. The fourth-order valence-corrected chi connectivity index (χ4v) is 2.25. The van der Waals surface area contributed by atoms with Crippen LogP contribution >= 0.6 is 0 Å². The quantitative estimate of drug-likeness (QED) is 0.800. The molecule has 1 aromatic rings. The van der Waals surface area contributed by atoms with Crippen LogP contribution in [0.15, 0.2) is 10.8 Å². The molecular formula is C11H17N3O2. The first-order chi connectivity index (χ1) is 7.67. The highest BCUT2D eigenvalue weighted by atomic mass is 16.3. The summed E-state index contributed by atoms with van der Waals surface area (Å²) in [6, 6.07) is 0. The van der Waals surface area contributed by atoms with Crippen LogP contribution in [-0.4, -0.2) is 23.0 Å². The third-order valence-corrected chi connectivity index (χ3v) is 3.28. The van der Waals surface area contributed by atoms with Gasteiger partial charge in [-0.1, -0.05) is 12.8 Å². The average molecular weight is 223 g/mol. The van der Waals surface area contributed by atoms with Crippen molar-refractivity contribution in [1.29, 1.82) is 0 Å². The first kappa shape index (κ1) is 11.1. The lowest BCUT2D eigenvalue weighted by molar-refractivity contribution is 0.0873. The molecule has 0 saturated heterocycles. The minimum Gasteiger partial charge on any atom is -0.438 e. The lowest BCUT2D eigenvalue weighted by Crippen LogP contribution is -2.51. The molecular weight excluding hydrogens is 206 g/mol. The number of aryl methyl sites for hydroxylation is 1. The Hall–Kier alpha value is -1.36. The summed E-state index contributed by atoms with van der Waals surface area (Å²) in [4.78, 5) is 15.8. The molecule has 5 nitrogen and oxygen atoms in total. The van der Waals surface area contributed by atoms with Crippen LogP contribution in [0, 0.1) is 6.92 Å². The summed E-state index contributed by atoms with van der Waals surface area (Å²) in [5.74, 6) is 0.0853. The van der Waals surface area contributed by atoms with E-state index in [4.69, 9.17) is 10.2 Å². The van der Waals surface area contributed by atoms with Gasteiger partial charge in [-0.05, 0) is 19.8 Å². The maximum absolute atomic E-state index is 11.9. The van der Waals surface area contributed by atoms with E-state index in [-0.39, 0.29) is 11.4 Å². The van der Waals surface area contributed by atoms with Crippen LogP contribution in [0.25, 0.3) is 0 Å². The number of rotatable bonds is 3. The summed E-state index contributed by atoms with van der Waals surface area (Å²) < 4.78 is 5.06. The van der Waals surface area contributed by atoms with Crippen LogP contribution in [0.1, 0.15) is 41.9 Å². The van der Waals surface area contributed by atoms with Crippen LogP contribution in [0.5, 0.6) is 0 Å². The number of aromatic nitrogens is 1. The van der Waals surface area contributed by atoms with Crippen LogP contribution in [0.4, 0.5) is 0 Å². The second-order valence-electron chi connectivity index (χ2n) is 4.41. The number of carbonyl (C=O) groups is 1. The molecule has 5 heteroatoms. The number of hydrogen-bond acceptors (Lipinski definition) is 4. The fraction of sp³-hybridized carbons (Fsp3) is 0.636. The minimum atomic E-state index is -0.240. The summed E-state index contributed by atoms with van der Waals surface area (Å²) in [6.07, 6.45) is 5.42. The average Bonchev–Trinajstić information content (AvgIpc) is 2.87. The molecule has 3 N–H and O–H groups in total. The number of hydrogen-bond donors (Lipinski definition) is 2. The minimum absolute atomic E-state index is 0.206. The number of nitrogens with zero attached hydrogens (tertiary/aromatic N) is 1. The van der Waals surface area contributed by atoms with Gasteiger partial charge in [0.1, 0.15) is 0 Å². The molecule has 1 saturated carbocycles. The van der Waals surface area contributed by atoms with E-state index < -0.39 is 0 Å². The fourth-order valence-electron chi connectivity index (χ4n) is 2.25. The zero-order valence-electron chi connectivity index (χ0n) is 9.45. The summed E-state index contributed by atoms with van der Waals surface area (Å²) in [7, 11) is 0. The van der Waals surface area contributed by atoms with Gasteiger partial charge in [-0.3, -0.25) is 4.79 Å². The maximum atomic E-state index is 11.9. The van der Waals surface area contributed by atoms with E-state index in [9.17, 15) is 4.79 Å². The SMILES string of the molecule is Cc1ncoc1C(=O)NC1(CN)CCCC1. The number of nitrogens with one attached hydrogen (secondary N) is 1. The number of nitrogens with two attached hydrogens (primary N) is 1. The third kappa shape index (κ3) is 1.95. The highest BCUT2D eigenvalue weighted by Crippen LogP contribution is 2.29. The molecule has 2 rings (SSSR count). The Kier molecular flexibility index (Phi) is 2.96. The summed E-state index contributed by atoms with van der Waals surface area (Å²) in [5.41, 5.74) is 6.12. The Labute approximate surface area is 94.4 Å². The normalized spacial score (nSPS) is 18.6. The van der Waals surface area contributed by atoms with Gasteiger partial charge in [-0.25, -0.2) is 4.98 Å². The second kappa shape index (κ2) is 4.25. The van der Waals surface area contributed by atoms with Crippen molar-refractivity contribution in [2.45, 2.75) is 38.1 Å². The molecule has 88 valence electrons. The standard InChI is InChI=1S/C11H17N3O2/c1-8-9(16-7-13-8)10(15)14-11(6-12)4-2-3-5-11/h7H,2-6,12H2,1H3,(H,14,15). The lowest BCUT2D eigenvalue weighted by Gasteiger charge is -2.28. The van der Waals surface area contributed by atoms with Crippen LogP contribution in [-0.2, 0) is 0 Å². The lowest BCUT2D eigenvalue weighted by atomic mass is 9.97. The molecule has 0 atom stereocenters. The highest BCUT2D eigenvalue weighted by molar-refractivity contribution is 5.92. The van der Waals surface area contributed by atoms with Crippen molar-refractivity contribution in [1.82, 2.24) is 10.3 Å². The van der Waals surface area contributed by atoms with Crippen molar-refractivity contribution < 1.29 is 9.21 Å². The maximum Gasteiger partial charge on any atom is 0.289 e. The molecule has 0 aromatic carbocycles. The molecule has 0 unspecified atom stereocenters. The van der Waals surface area contributed by atoms with E-state index in [0.29, 0.717) is 18.0 Å². The molecule has 0 aliphatic heterocycles. The van der Waals surface area contributed by atoms with Gasteiger partial charge in [0.25, 0.3) is 5.91 Å². The smallest absolute Gasteiger partial charge is 0.289 e. The first-order valence-corrected chi connectivity index (χ1v) is 5.59. The molecule has 0 spiro atoms. The van der Waals surface area contributed by atoms with Gasteiger partial charge in [0.2, 0.25) is 5.76 Å². The molecule has 0 radical (unpaired) electrons. The zero-order valence-corrected chi connectivity index (χ0v) is 9.45. The molecule has 1 amide bonds. The monoisotopic (exact) mass is 223 g/mol. The van der Waals surface area contributed by atoms with E-state index in [0.717, 1.165) is 25.7 Å². The Morgan fingerprint density at radius 1 is 1.62 bits per heavy atom. The molecule has 0 bridgehead atoms. The Morgan fingerprint density at radius 3 is 2.81 bits per heavy atom. The molecule has 1 heterocycles. The van der Waals surface area contributed by atoms with E-state index in [1.54, 1.807) is 6.92 Å². The predicted molar refractivity (Wildman–Crippen MR) is 59.0 cm³/mol. The topological polar surface area (TPSA) is 81.2 Å². The van der Waals surface area contributed by atoms with E-state index in [1.807, 2.05) is 0 Å². The van der Waals surface area contributed by atoms with Gasteiger partial charge in [0, 0.05) is 6.54 Å². The molecule has 1 aliphatic rings. The van der Waals surface area contributed by atoms with E-state index in [1.165, 1.54) is 6.39 Å². The summed E-state index contributed by atoms with van der Waals surface area (Å²) >= 11 is 0. The second-order valence-corrected chi connectivity index (χ2v) is 4.41. The Morgan fingerprint density at radius 2 is 2.31 bits per heavy atom. The largest absolute Gasteiger partial charge is 0.438 e. The van der Waals surface area contributed by atoms with Gasteiger partial charge >= 0.3 is 0 Å². The Bertz CT molecular complexity index is 380. The third-order valence-electron chi connectivity index (χ3n) is 3.28. The number of carbonyl (C=O) groups excluding carboxylic acids is 1. The van der Waals surface area contributed by atoms with Crippen molar-refractivity contribution in [3.05, 3.63) is 17.8 Å². The summed E-state index contributed by atoms with van der Waals surface area (Å²) in [6.45, 7) is 2.23. The first-order valence-electron chi connectivity index (χ1n) is 5.59.